The topological polar surface area (TPSA) is 66.9 Å². The average Bonchev–Trinajstić information content (AvgIpc) is 2.75. The van der Waals surface area contributed by atoms with Crippen LogP contribution < -0.4 is 0 Å². The maximum atomic E-state index is 12.5. The minimum atomic E-state index is -3.37. The van der Waals surface area contributed by atoms with Crippen LogP contribution in [0.25, 0.3) is 0 Å². The van der Waals surface area contributed by atoms with Gasteiger partial charge in [0.1, 0.15) is 0 Å². The smallest absolute Gasteiger partial charge is 0.409 e. The lowest BCUT2D eigenvalue weighted by atomic mass is 10.2. The summed E-state index contributed by atoms with van der Waals surface area (Å²) < 4.78 is 31.2. The number of nitrogens with zero attached hydrogens (tertiary/aromatic N) is 2. The van der Waals surface area contributed by atoms with Gasteiger partial charge in [0.2, 0.25) is 10.0 Å². The molecule has 1 aromatic carbocycles. The van der Waals surface area contributed by atoms with Gasteiger partial charge in [-0.2, -0.15) is 4.31 Å². The van der Waals surface area contributed by atoms with Gasteiger partial charge in [-0.3, -0.25) is 0 Å². The number of carbonyl (C=O) groups excluding carboxylic acids is 1. The molecule has 0 spiro atoms. The molecule has 1 aliphatic heterocycles. The Hall–Kier alpha value is -1.60. The van der Waals surface area contributed by atoms with Crippen molar-refractivity contribution in [3.05, 3.63) is 35.4 Å². The molecule has 1 aromatic rings. The molecule has 0 N–H and O–H groups in total. The van der Waals surface area contributed by atoms with Crippen molar-refractivity contribution < 1.29 is 17.9 Å². The summed E-state index contributed by atoms with van der Waals surface area (Å²) in [5, 5.41) is 0. The zero-order valence-corrected chi connectivity index (χ0v) is 13.8. The number of ether oxygens (including phenoxy) is 1. The van der Waals surface area contributed by atoms with E-state index in [4.69, 9.17) is 4.74 Å². The standard InChI is InChI=1S/C15H22N2O4S/c1-13-4-6-14(7-5-13)12-22(19,20)17-9-3-8-16(10-11-17)15(18)21-2/h4-7H,3,8-12H2,1-2H3. The first kappa shape index (κ1) is 16.8. The lowest BCUT2D eigenvalue weighted by Gasteiger charge is -2.21. The van der Waals surface area contributed by atoms with Gasteiger partial charge in [0.25, 0.3) is 0 Å². The van der Waals surface area contributed by atoms with E-state index in [9.17, 15) is 13.2 Å². The van der Waals surface area contributed by atoms with Gasteiger partial charge in [-0.15, -0.1) is 0 Å². The van der Waals surface area contributed by atoms with Crippen LogP contribution in [0.15, 0.2) is 24.3 Å². The first-order valence-electron chi connectivity index (χ1n) is 7.28. The molecule has 1 amide bonds. The maximum absolute atomic E-state index is 12.5. The summed E-state index contributed by atoms with van der Waals surface area (Å²) in [5.74, 6) is -0.00843. The summed E-state index contributed by atoms with van der Waals surface area (Å²) in [6.07, 6.45) is 0.208. The number of sulfonamides is 1. The molecule has 122 valence electrons. The van der Waals surface area contributed by atoms with Gasteiger partial charge >= 0.3 is 6.09 Å². The molecule has 0 atom stereocenters. The maximum Gasteiger partial charge on any atom is 0.409 e. The highest BCUT2D eigenvalue weighted by Gasteiger charge is 2.27. The number of hydrogen-bond donors (Lipinski definition) is 0. The molecule has 22 heavy (non-hydrogen) atoms. The Bertz CT molecular complexity index is 613. The fourth-order valence-electron chi connectivity index (χ4n) is 2.47. The first-order valence-corrected chi connectivity index (χ1v) is 8.89. The number of carbonyl (C=O) groups is 1. The normalized spacial score (nSPS) is 17.1. The van der Waals surface area contributed by atoms with E-state index in [0.717, 1.165) is 11.1 Å². The van der Waals surface area contributed by atoms with Crippen LogP contribution in [0.2, 0.25) is 0 Å². The SMILES string of the molecule is COC(=O)N1CCCN(S(=O)(=O)Cc2ccc(C)cc2)CC1. The average molecular weight is 326 g/mol. The Labute approximate surface area is 131 Å². The summed E-state index contributed by atoms with van der Waals surface area (Å²) in [5.41, 5.74) is 1.88. The third kappa shape index (κ3) is 4.20. The third-order valence-electron chi connectivity index (χ3n) is 3.75. The number of benzene rings is 1. The van der Waals surface area contributed by atoms with Crippen LogP contribution in [0, 0.1) is 6.92 Å². The number of methoxy groups -OCH3 is 1. The van der Waals surface area contributed by atoms with Crippen molar-refractivity contribution in [1.29, 1.82) is 0 Å². The Kier molecular flexibility index (Phi) is 5.42. The van der Waals surface area contributed by atoms with E-state index in [0.29, 0.717) is 32.6 Å². The molecule has 0 aromatic heterocycles. The van der Waals surface area contributed by atoms with Crippen LogP contribution in [0.5, 0.6) is 0 Å². The number of amides is 1. The lowest BCUT2D eigenvalue weighted by Crippen LogP contribution is -2.37. The van der Waals surface area contributed by atoms with Gasteiger partial charge < -0.3 is 9.64 Å². The molecular formula is C15H22N2O4S. The summed E-state index contributed by atoms with van der Waals surface area (Å²) >= 11 is 0. The quantitative estimate of drug-likeness (QED) is 0.846. The van der Waals surface area contributed by atoms with E-state index >= 15 is 0 Å². The molecule has 2 rings (SSSR count). The van der Waals surface area contributed by atoms with E-state index in [-0.39, 0.29) is 5.75 Å². The second-order valence-electron chi connectivity index (χ2n) is 5.45. The molecule has 1 aliphatic rings. The highest BCUT2D eigenvalue weighted by atomic mass is 32.2. The van der Waals surface area contributed by atoms with Crippen molar-refractivity contribution in [2.45, 2.75) is 19.1 Å². The van der Waals surface area contributed by atoms with Crippen LogP contribution in [-0.2, 0) is 20.5 Å². The van der Waals surface area contributed by atoms with Crippen LogP contribution in [0.3, 0.4) is 0 Å². The van der Waals surface area contributed by atoms with E-state index in [1.807, 2.05) is 31.2 Å². The molecule has 0 unspecified atom stereocenters. The van der Waals surface area contributed by atoms with Crippen molar-refractivity contribution in [1.82, 2.24) is 9.21 Å². The minimum absolute atomic E-state index is 0.00843. The third-order valence-corrected chi connectivity index (χ3v) is 5.60. The summed E-state index contributed by atoms with van der Waals surface area (Å²) in [6.45, 7) is 3.59. The monoisotopic (exact) mass is 326 g/mol. The van der Waals surface area contributed by atoms with Gasteiger partial charge in [0.15, 0.2) is 0 Å². The van der Waals surface area contributed by atoms with Crippen LogP contribution in [0.4, 0.5) is 4.79 Å². The molecule has 0 aliphatic carbocycles. The van der Waals surface area contributed by atoms with Crippen molar-refractivity contribution in [2.75, 3.05) is 33.3 Å². The predicted octanol–water partition coefficient (Wildman–Crippen LogP) is 1.60. The Morgan fingerprint density at radius 3 is 2.45 bits per heavy atom. The molecule has 1 saturated heterocycles. The highest BCUT2D eigenvalue weighted by Crippen LogP contribution is 2.15. The Morgan fingerprint density at radius 2 is 1.82 bits per heavy atom. The number of aryl methyl sites for hydroxylation is 1. The fourth-order valence-corrected chi connectivity index (χ4v) is 4.03. The van der Waals surface area contributed by atoms with Crippen LogP contribution >= 0.6 is 0 Å². The zero-order chi connectivity index (χ0) is 16.2. The van der Waals surface area contributed by atoms with Crippen molar-refractivity contribution in [3.8, 4) is 0 Å². The Morgan fingerprint density at radius 1 is 1.14 bits per heavy atom. The van der Waals surface area contributed by atoms with Crippen molar-refractivity contribution >= 4 is 16.1 Å². The van der Waals surface area contributed by atoms with Crippen molar-refractivity contribution in [2.24, 2.45) is 0 Å². The van der Waals surface area contributed by atoms with Gasteiger partial charge in [-0.25, -0.2) is 13.2 Å². The molecular weight excluding hydrogens is 304 g/mol. The van der Waals surface area contributed by atoms with E-state index in [1.165, 1.54) is 11.4 Å². The largest absolute Gasteiger partial charge is 0.453 e. The van der Waals surface area contributed by atoms with E-state index in [1.54, 1.807) is 4.90 Å². The number of hydrogen-bond acceptors (Lipinski definition) is 4. The highest BCUT2D eigenvalue weighted by molar-refractivity contribution is 7.88. The summed E-state index contributed by atoms with van der Waals surface area (Å²) in [7, 11) is -2.04. The fraction of sp³-hybridized carbons (Fsp3) is 0.533. The Balaban J connectivity index is 2.03. The summed E-state index contributed by atoms with van der Waals surface area (Å²) in [4.78, 5) is 13.1. The number of rotatable bonds is 3. The van der Waals surface area contributed by atoms with Gasteiger partial charge in [-0.05, 0) is 18.9 Å². The van der Waals surface area contributed by atoms with Gasteiger partial charge in [0.05, 0.1) is 12.9 Å². The second-order valence-corrected chi connectivity index (χ2v) is 7.42. The lowest BCUT2D eigenvalue weighted by molar-refractivity contribution is 0.126. The molecule has 6 nitrogen and oxygen atoms in total. The zero-order valence-electron chi connectivity index (χ0n) is 13.0. The molecule has 0 radical (unpaired) electrons. The molecule has 0 bridgehead atoms. The predicted molar refractivity (Wildman–Crippen MR) is 84.0 cm³/mol. The van der Waals surface area contributed by atoms with Gasteiger partial charge in [0, 0.05) is 26.2 Å². The first-order chi connectivity index (χ1) is 10.4. The minimum Gasteiger partial charge on any atom is -0.453 e. The van der Waals surface area contributed by atoms with Gasteiger partial charge in [-0.1, -0.05) is 29.8 Å². The molecule has 1 heterocycles. The summed E-state index contributed by atoms with van der Waals surface area (Å²) in [6, 6.07) is 7.50. The molecule has 1 fully saturated rings. The molecule has 7 heteroatoms. The second kappa shape index (κ2) is 7.11. The van der Waals surface area contributed by atoms with Crippen LogP contribution in [-0.4, -0.2) is 57.0 Å². The van der Waals surface area contributed by atoms with E-state index in [2.05, 4.69) is 0 Å². The van der Waals surface area contributed by atoms with Crippen molar-refractivity contribution in [3.63, 3.8) is 0 Å². The van der Waals surface area contributed by atoms with Crippen LogP contribution in [0.1, 0.15) is 17.5 Å². The molecule has 0 saturated carbocycles. The van der Waals surface area contributed by atoms with E-state index < -0.39 is 16.1 Å².